The molecule has 94 valence electrons. The number of carbonyl (C=O) groups excluding carboxylic acids is 1. The lowest BCUT2D eigenvalue weighted by Crippen LogP contribution is -2.07. The van der Waals surface area contributed by atoms with E-state index in [2.05, 4.69) is 0 Å². The van der Waals surface area contributed by atoms with Crippen LogP contribution in [0, 0.1) is 24.1 Å². The Balaban J connectivity index is 2.94. The van der Waals surface area contributed by atoms with Gasteiger partial charge in [0.15, 0.2) is 0 Å². The van der Waals surface area contributed by atoms with Gasteiger partial charge >= 0.3 is 5.97 Å². The van der Waals surface area contributed by atoms with Crippen LogP contribution in [0.2, 0.25) is 0 Å². The third-order valence-electron chi connectivity index (χ3n) is 2.28. The van der Waals surface area contributed by atoms with E-state index in [0.717, 1.165) is 0 Å². The molecule has 1 rings (SSSR count). The smallest absolute Gasteiger partial charge is 0.348 e. The maximum atomic E-state index is 13.3. The van der Waals surface area contributed by atoms with Crippen molar-refractivity contribution in [3.63, 3.8) is 0 Å². The van der Waals surface area contributed by atoms with Crippen LogP contribution in [-0.2, 0) is 9.53 Å². The quantitative estimate of drug-likeness (QED) is 0.467. The fraction of sp³-hybridized carbons (Fsp3) is 0.286. The second-order valence-corrected chi connectivity index (χ2v) is 3.81. The number of ether oxygens (including phenoxy) is 1. The van der Waals surface area contributed by atoms with Gasteiger partial charge in [-0.2, -0.15) is 5.26 Å². The molecule has 0 aliphatic heterocycles. The summed E-state index contributed by atoms with van der Waals surface area (Å²) >= 11 is 0. The minimum absolute atomic E-state index is 0.133. The highest BCUT2D eigenvalue weighted by Crippen LogP contribution is 2.13. The van der Waals surface area contributed by atoms with Gasteiger partial charge in [-0.25, -0.2) is 9.18 Å². The molecule has 0 N–H and O–H groups in total. The minimum Gasteiger partial charge on any atom is -0.462 e. The second kappa shape index (κ2) is 6.55. The lowest BCUT2D eigenvalue weighted by Gasteiger charge is -2.02. The van der Waals surface area contributed by atoms with Crippen LogP contribution in [0.1, 0.15) is 24.5 Å². The van der Waals surface area contributed by atoms with Gasteiger partial charge in [-0.3, -0.25) is 0 Å². The molecule has 0 bridgehead atoms. The van der Waals surface area contributed by atoms with Crippen LogP contribution in [0.4, 0.5) is 4.39 Å². The number of hydrogen-bond donors (Lipinski definition) is 0. The Hall–Kier alpha value is -2.15. The van der Waals surface area contributed by atoms with E-state index in [1.54, 1.807) is 25.1 Å². The summed E-state index contributed by atoms with van der Waals surface area (Å²) in [4.78, 5) is 11.5. The number of nitrogens with zero attached hydrogens (tertiary/aromatic N) is 1. The normalized spacial score (nSPS) is 10.9. The molecule has 0 saturated carbocycles. The van der Waals surface area contributed by atoms with Crippen molar-refractivity contribution in [1.29, 1.82) is 5.26 Å². The van der Waals surface area contributed by atoms with Crippen LogP contribution >= 0.6 is 0 Å². The Kier molecular flexibility index (Phi) is 5.06. The Labute approximate surface area is 105 Å². The van der Waals surface area contributed by atoms with E-state index >= 15 is 0 Å². The van der Waals surface area contributed by atoms with E-state index < -0.39 is 5.97 Å². The minimum atomic E-state index is -0.680. The van der Waals surface area contributed by atoms with Gasteiger partial charge in [0.05, 0.1) is 6.61 Å². The predicted molar refractivity (Wildman–Crippen MR) is 66.0 cm³/mol. The number of hydrogen-bond acceptors (Lipinski definition) is 3. The molecule has 0 aliphatic rings. The van der Waals surface area contributed by atoms with Crippen molar-refractivity contribution in [3.8, 4) is 6.07 Å². The van der Waals surface area contributed by atoms with Crippen molar-refractivity contribution >= 4 is 12.0 Å². The SMILES string of the molecule is CCCOC(=O)/C(C#N)=C\c1ccc(C)c(F)c1. The zero-order chi connectivity index (χ0) is 13.5. The first-order chi connectivity index (χ1) is 8.58. The predicted octanol–water partition coefficient (Wildman–Crippen LogP) is 2.99. The number of nitriles is 1. The van der Waals surface area contributed by atoms with Gasteiger partial charge in [0.2, 0.25) is 0 Å². The zero-order valence-electron chi connectivity index (χ0n) is 10.4. The number of rotatable bonds is 4. The third-order valence-corrected chi connectivity index (χ3v) is 2.28. The van der Waals surface area contributed by atoms with Gasteiger partial charge in [-0.15, -0.1) is 0 Å². The molecule has 3 nitrogen and oxygen atoms in total. The molecule has 1 aromatic carbocycles. The first-order valence-electron chi connectivity index (χ1n) is 5.63. The number of carbonyl (C=O) groups is 1. The van der Waals surface area contributed by atoms with Gasteiger partial charge in [-0.05, 0) is 36.6 Å². The maximum Gasteiger partial charge on any atom is 0.348 e. The van der Waals surface area contributed by atoms with Gasteiger partial charge in [0.1, 0.15) is 17.5 Å². The molecule has 18 heavy (non-hydrogen) atoms. The van der Waals surface area contributed by atoms with Crippen molar-refractivity contribution in [2.24, 2.45) is 0 Å². The van der Waals surface area contributed by atoms with Crippen molar-refractivity contribution in [2.45, 2.75) is 20.3 Å². The average molecular weight is 247 g/mol. The molecule has 0 aliphatic carbocycles. The van der Waals surface area contributed by atoms with Crippen LogP contribution in [-0.4, -0.2) is 12.6 Å². The summed E-state index contributed by atoms with van der Waals surface area (Å²) in [5.74, 6) is -1.05. The fourth-order valence-electron chi connectivity index (χ4n) is 1.27. The van der Waals surface area contributed by atoms with Crippen LogP contribution in [0.5, 0.6) is 0 Å². The molecule has 0 heterocycles. The Morgan fingerprint density at radius 2 is 2.28 bits per heavy atom. The van der Waals surface area contributed by atoms with Gasteiger partial charge in [-0.1, -0.05) is 19.1 Å². The average Bonchev–Trinajstić information content (AvgIpc) is 2.37. The summed E-state index contributed by atoms with van der Waals surface area (Å²) in [6.45, 7) is 3.77. The summed E-state index contributed by atoms with van der Waals surface area (Å²) in [7, 11) is 0. The molecule has 0 amide bonds. The van der Waals surface area contributed by atoms with Crippen LogP contribution in [0.25, 0.3) is 6.08 Å². The largest absolute Gasteiger partial charge is 0.462 e. The maximum absolute atomic E-state index is 13.3. The molecule has 0 spiro atoms. The molecule has 0 atom stereocenters. The summed E-state index contributed by atoms with van der Waals surface area (Å²) in [5, 5.41) is 8.87. The molecule has 0 unspecified atom stereocenters. The van der Waals surface area contributed by atoms with Crippen LogP contribution in [0.3, 0.4) is 0 Å². The monoisotopic (exact) mass is 247 g/mol. The number of benzene rings is 1. The molecular formula is C14H14FNO2. The highest BCUT2D eigenvalue weighted by Gasteiger charge is 2.10. The first-order valence-corrected chi connectivity index (χ1v) is 5.63. The van der Waals surface area contributed by atoms with Gasteiger partial charge < -0.3 is 4.74 Å². The van der Waals surface area contributed by atoms with Crippen LogP contribution in [0.15, 0.2) is 23.8 Å². The highest BCUT2D eigenvalue weighted by atomic mass is 19.1. The highest BCUT2D eigenvalue weighted by molar-refractivity contribution is 5.97. The van der Waals surface area contributed by atoms with E-state index in [1.807, 2.05) is 6.92 Å². The lowest BCUT2D eigenvalue weighted by molar-refractivity contribution is -0.138. The number of aryl methyl sites for hydroxylation is 1. The Morgan fingerprint density at radius 1 is 1.56 bits per heavy atom. The summed E-state index contributed by atoms with van der Waals surface area (Å²) in [6.07, 6.45) is 2.00. The van der Waals surface area contributed by atoms with E-state index in [1.165, 1.54) is 12.1 Å². The third kappa shape index (κ3) is 3.70. The molecule has 0 radical (unpaired) electrons. The van der Waals surface area contributed by atoms with Crippen molar-refractivity contribution in [3.05, 3.63) is 40.7 Å². The lowest BCUT2D eigenvalue weighted by atomic mass is 10.1. The van der Waals surface area contributed by atoms with E-state index in [4.69, 9.17) is 10.00 Å². The molecule has 0 aromatic heterocycles. The zero-order valence-corrected chi connectivity index (χ0v) is 10.4. The van der Waals surface area contributed by atoms with Crippen molar-refractivity contribution in [1.82, 2.24) is 0 Å². The van der Waals surface area contributed by atoms with Gasteiger partial charge in [0, 0.05) is 0 Å². The Morgan fingerprint density at radius 3 is 2.83 bits per heavy atom. The van der Waals surface area contributed by atoms with Gasteiger partial charge in [0.25, 0.3) is 0 Å². The second-order valence-electron chi connectivity index (χ2n) is 3.81. The first kappa shape index (κ1) is 13.9. The van der Waals surface area contributed by atoms with Crippen molar-refractivity contribution in [2.75, 3.05) is 6.61 Å². The fourth-order valence-corrected chi connectivity index (χ4v) is 1.27. The number of esters is 1. The van der Waals surface area contributed by atoms with E-state index in [9.17, 15) is 9.18 Å². The van der Waals surface area contributed by atoms with E-state index in [-0.39, 0.29) is 18.0 Å². The topological polar surface area (TPSA) is 50.1 Å². The summed E-state index contributed by atoms with van der Waals surface area (Å²) in [5.41, 5.74) is 0.842. The summed E-state index contributed by atoms with van der Waals surface area (Å²) in [6, 6.07) is 6.27. The Bertz CT molecular complexity index is 515. The number of halogens is 1. The standard InChI is InChI=1S/C14H14FNO2/c1-3-6-18-14(17)12(9-16)7-11-5-4-10(2)13(15)8-11/h4-5,7-8H,3,6H2,1-2H3/b12-7-. The summed E-state index contributed by atoms with van der Waals surface area (Å²) < 4.78 is 18.2. The molecule has 4 heteroatoms. The van der Waals surface area contributed by atoms with Crippen LogP contribution < -0.4 is 0 Å². The van der Waals surface area contributed by atoms with E-state index in [0.29, 0.717) is 17.5 Å². The molecular weight excluding hydrogens is 233 g/mol. The molecule has 0 saturated heterocycles. The molecule has 1 aromatic rings. The molecule has 0 fully saturated rings. The van der Waals surface area contributed by atoms with Crippen molar-refractivity contribution < 1.29 is 13.9 Å².